The van der Waals surface area contributed by atoms with Crippen molar-refractivity contribution in [2.75, 3.05) is 12.3 Å². The summed E-state index contributed by atoms with van der Waals surface area (Å²) in [6.07, 6.45) is 2.44. The van der Waals surface area contributed by atoms with Gasteiger partial charge < -0.3 is 4.98 Å². The first-order chi connectivity index (χ1) is 9.62. The van der Waals surface area contributed by atoms with Gasteiger partial charge in [0, 0.05) is 23.1 Å². The van der Waals surface area contributed by atoms with E-state index in [0.717, 1.165) is 30.5 Å². The van der Waals surface area contributed by atoms with Crippen LogP contribution in [0.2, 0.25) is 0 Å². The first-order valence-electron chi connectivity index (χ1n) is 7.18. The molecule has 0 unspecified atom stereocenters. The third-order valence-corrected chi connectivity index (χ3v) is 5.90. The number of nitrogens with one attached hydrogen (secondary N) is 1. The van der Waals surface area contributed by atoms with Gasteiger partial charge in [0.2, 0.25) is 10.0 Å². The summed E-state index contributed by atoms with van der Waals surface area (Å²) in [5.74, 6) is 0.263. The molecule has 0 spiro atoms. The molecule has 0 aliphatic carbocycles. The molecule has 2 aromatic rings. The van der Waals surface area contributed by atoms with Gasteiger partial charge >= 0.3 is 0 Å². The Balaban J connectivity index is 1.89. The van der Waals surface area contributed by atoms with Gasteiger partial charge in [0.1, 0.15) is 0 Å². The fraction of sp³-hybridized carbons (Fsp3) is 0.467. The number of unbranched alkanes of at least 4 members (excludes halogenated alkanes) is 1. The average Bonchev–Trinajstić information content (AvgIpc) is 2.83. The number of aromatic nitrogens is 1. The van der Waals surface area contributed by atoms with Crippen molar-refractivity contribution in [2.24, 2.45) is 0 Å². The maximum Gasteiger partial charge on any atom is 0.214 e. The van der Waals surface area contributed by atoms with Crippen molar-refractivity contribution in [3.8, 4) is 0 Å². The summed E-state index contributed by atoms with van der Waals surface area (Å²) in [5, 5.41) is 1.23. The monoisotopic (exact) mass is 292 g/mol. The van der Waals surface area contributed by atoms with Gasteiger partial charge in [0.05, 0.1) is 12.3 Å². The molecule has 0 fully saturated rings. The quantitative estimate of drug-likeness (QED) is 0.942. The summed E-state index contributed by atoms with van der Waals surface area (Å²) in [6, 6.07) is 8.18. The summed E-state index contributed by atoms with van der Waals surface area (Å²) in [4.78, 5) is 3.37. The number of nitrogens with zero attached hydrogens (tertiary/aromatic N) is 1. The summed E-state index contributed by atoms with van der Waals surface area (Å²) in [7, 11) is -3.11. The summed E-state index contributed by atoms with van der Waals surface area (Å²) >= 11 is 0. The molecule has 4 nitrogen and oxygen atoms in total. The standard InChI is InChI=1S/C15H20N2O2S/c1-2-3-10-20(18,19)17-9-8-13-12-6-4-5-7-14(12)16-15(13)11-17/h4-7,16H,2-3,8-11H2,1H3. The van der Waals surface area contributed by atoms with Crippen LogP contribution in [-0.2, 0) is 23.0 Å². The Labute approximate surface area is 119 Å². The first-order valence-corrected chi connectivity index (χ1v) is 8.79. The van der Waals surface area contributed by atoms with Crippen LogP contribution >= 0.6 is 0 Å². The Hall–Kier alpha value is -1.33. The number of rotatable bonds is 4. The molecule has 108 valence electrons. The van der Waals surface area contributed by atoms with Gasteiger partial charge in [-0.2, -0.15) is 4.31 Å². The van der Waals surface area contributed by atoms with E-state index in [9.17, 15) is 8.42 Å². The molecule has 0 bridgehead atoms. The van der Waals surface area contributed by atoms with Crippen LogP contribution in [0.1, 0.15) is 31.0 Å². The second-order valence-electron chi connectivity index (χ2n) is 5.38. The van der Waals surface area contributed by atoms with Crippen LogP contribution in [0.15, 0.2) is 24.3 Å². The van der Waals surface area contributed by atoms with Crippen molar-refractivity contribution in [3.05, 3.63) is 35.5 Å². The summed E-state index contributed by atoms with van der Waals surface area (Å²) in [6.45, 7) is 3.10. The third kappa shape index (κ3) is 2.36. The summed E-state index contributed by atoms with van der Waals surface area (Å²) < 4.78 is 26.2. The molecule has 5 heteroatoms. The van der Waals surface area contributed by atoms with Gasteiger partial charge in [-0.25, -0.2) is 8.42 Å². The van der Waals surface area contributed by atoms with Gasteiger partial charge in [-0.3, -0.25) is 0 Å². The molecule has 2 heterocycles. The molecule has 0 saturated carbocycles. The zero-order valence-corrected chi connectivity index (χ0v) is 12.5. The lowest BCUT2D eigenvalue weighted by atomic mass is 10.1. The highest BCUT2D eigenvalue weighted by molar-refractivity contribution is 7.89. The highest BCUT2D eigenvalue weighted by Crippen LogP contribution is 2.28. The largest absolute Gasteiger partial charge is 0.357 e. The second kappa shape index (κ2) is 5.22. The van der Waals surface area contributed by atoms with Gasteiger partial charge in [-0.1, -0.05) is 31.5 Å². The number of aromatic amines is 1. The summed E-state index contributed by atoms with van der Waals surface area (Å²) in [5.41, 5.74) is 3.44. The molecule has 20 heavy (non-hydrogen) atoms. The molecular formula is C15H20N2O2S. The van der Waals surface area contributed by atoms with Crippen LogP contribution in [0, 0.1) is 0 Å². The number of hydrogen-bond acceptors (Lipinski definition) is 2. The number of benzene rings is 1. The Morgan fingerprint density at radius 1 is 1.30 bits per heavy atom. The molecule has 0 amide bonds. The van der Waals surface area contributed by atoms with E-state index in [-0.39, 0.29) is 5.75 Å². The van der Waals surface area contributed by atoms with E-state index in [0.29, 0.717) is 13.1 Å². The van der Waals surface area contributed by atoms with Crippen molar-refractivity contribution in [3.63, 3.8) is 0 Å². The van der Waals surface area contributed by atoms with Crippen molar-refractivity contribution in [1.29, 1.82) is 0 Å². The fourth-order valence-corrected chi connectivity index (χ4v) is 4.47. The van der Waals surface area contributed by atoms with Crippen LogP contribution in [0.5, 0.6) is 0 Å². The van der Waals surface area contributed by atoms with Gasteiger partial charge in [-0.05, 0) is 24.5 Å². The Morgan fingerprint density at radius 3 is 2.90 bits per heavy atom. The van der Waals surface area contributed by atoms with Crippen molar-refractivity contribution in [2.45, 2.75) is 32.7 Å². The molecule has 0 saturated heterocycles. The maximum absolute atomic E-state index is 12.3. The van der Waals surface area contributed by atoms with Gasteiger partial charge in [0.15, 0.2) is 0 Å². The fourth-order valence-electron chi connectivity index (χ4n) is 2.86. The van der Waals surface area contributed by atoms with Crippen LogP contribution in [-0.4, -0.2) is 30.0 Å². The third-order valence-electron chi connectivity index (χ3n) is 4.00. The minimum absolute atomic E-state index is 0.263. The Morgan fingerprint density at radius 2 is 2.10 bits per heavy atom. The van der Waals surface area contributed by atoms with Crippen molar-refractivity contribution >= 4 is 20.9 Å². The second-order valence-corrected chi connectivity index (χ2v) is 7.47. The lowest BCUT2D eigenvalue weighted by Gasteiger charge is -2.26. The van der Waals surface area contributed by atoms with E-state index in [1.54, 1.807) is 4.31 Å². The first kappa shape index (κ1) is 13.6. The average molecular weight is 292 g/mol. The van der Waals surface area contributed by atoms with E-state index >= 15 is 0 Å². The lowest BCUT2D eigenvalue weighted by Crippen LogP contribution is -2.37. The highest BCUT2D eigenvalue weighted by Gasteiger charge is 2.28. The minimum atomic E-state index is -3.11. The minimum Gasteiger partial charge on any atom is -0.357 e. The Kier molecular flexibility index (Phi) is 3.56. The predicted molar refractivity (Wildman–Crippen MR) is 81.1 cm³/mol. The zero-order chi connectivity index (χ0) is 14.2. The number of para-hydroxylation sites is 1. The number of hydrogen-bond donors (Lipinski definition) is 1. The highest BCUT2D eigenvalue weighted by atomic mass is 32.2. The molecule has 1 aromatic heterocycles. The van der Waals surface area contributed by atoms with E-state index in [4.69, 9.17) is 0 Å². The molecule has 3 rings (SSSR count). The van der Waals surface area contributed by atoms with Crippen LogP contribution < -0.4 is 0 Å². The molecule has 1 aliphatic heterocycles. The smallest absolute Gasteiger partial charge is 0.214 e. The molecule has 1 aromatic carbocycles. The molecule has 0 atom stereocenters. The topological polar surface area (TPSA) is 53.2 Å². The molecule has 1 aliphatic rings. The van der Waals surface area contributed by atoms with Gasteiger partial charge in [-0.15, -0.1) is 0 Å². The maximum atomic E-state index is 12.3. The van der Waals surface area contributed by atoms with Crippen molar-refractivity contribution < 1.29 is 8.42 Å². The van der Waals surface area contributed by atoms with Crippen LogP contribution in [0.25, 0.3) is 10.9 Å². The van der Waals surface area contributed by atoms with E-state index in [1.807, 2.05) is 25.1 Å². The van der Waals surface area contributed by atoms with E-state index < -0.39 is 10.0 Å². The molecule has 1 N–H and O–H groups in total. The number of sulfonamides is 1. The predicted octanol–water partition coefficient (Wildman–Crippen LogP) is 2.66. The number of H-pyrrole nitrogens is 1. The zero-order valence-electron chi connectivity index (χ0n) is 11.7. The Bertz CT molecular complexity index is 719. The van der Waals surface area contributed by atoms with Gasteiger partial charge in [0.25, 0.3) is 0 Å². The lowest BCUT2D eigenvalue weighted by molar-refractivity contribution is 0.387. The van der Waals surface area contributed by atoms with E-state index in [1.165, 1.54) is 10.9 Å². The molecular weight excluding hydrogens is 272 g/mol. The van der Waals surface area contributed by atoms with Crippen LogP contribution in [0.3, 0.4) is 0 Å². The van der Waals surface area contributed by atoms with E-state index in [2.05, 4.69) is 11.1 Å². The van der Waals surface area contributed by atoms with Crippen LogP contribution in [0.4, 0.5) is 0 Å². The normalized spacial score (nSPS) is 16.4. The number of fused-ring (bicyclic) bond motifs is 3. The van der Waals surface area contributed by atoms with Crippen molar-refractivity contribution in [1.82, 2.24) is 9.29 Å². The SMILES string of the molecule is CCCCS(=O)(=O)N1CCc2c([nH]c3ccccc23)C1. The molecule has 0 radical (unpaired) electrons.